The summed E-state index contributed by atoms with van der Waals surface area (Å²) in [7, 11) is 1.16. The van der Waals surface area contributed by atoms with E-state index >= 15 is 0 Å². The van der Waals surface area contributed by atoms with Gasteiger partial charge in [-0.3, -0.25) is 4.21 Å². The summed E-state index contributed by atoms with van der Waals surface area (Å²) in [6.07, 6.45) is 5.02. The maximum atomic E-state index is 11.0. The predicted octanol–water partition coefficient (Wildman–Crippen LogP) is 1.88. The molecule has 6 heteroatoms. The van der Waals surface area contributed by atoms with Gasteiger partial charge in [-0.15, -0.1) is 0 Å². The Kier molecular flexibility index (Phi) is 4.74. The topological polar surface area (TPSA) is 66.9 Å². The lowest BCUT2D eigenvalue weighted by Crippen LogP contribution is -2.12. The summed E-state index contributed by atoms with van der Waals surface area (Å²) in [6.45, 7) is 2.81. The highest BCUT2D eigenvalue weighted by atomic mass is 32.2. The molecular formula is C13H22N4OS. The molecule has 0 bridgehead atoms. The zero-order chi connectivity index (χ0) is 13.8. The minimum atomic E-state index is -0.722. The lowest BCUT2D eigenvalue weighted by atomic mass is 10.2. The van der Waals surface area contributed by atoms with Crippen molar-refractivity contribution in [1.82, 2.24) is 9.97 Å². The summed E-state index contributed by atoms with van der Waals surface area (Å²) >= 11 is 0. The number of hydrogen-bond acceptors (Lipinski definition) is 5. The van der Waals surface area contributed by atoms with Crippen LogP contribution >= 0.6 is 0 Å². The Morgan fingerprint density at radius 3 is 2.58 bits per heavy atom. The van der Waals surface area contributed by atoms with Gasteiger partial charge in [0.15, 0.2) is 0 Å². The molecule has 5 nitrogen and oxygen atoms in total. The standard InChI is InChI=1S/C13H22N4OS/c1-9-11(14-2)16-13(10-5-6-10)17-12(9)15-7-4-8-19(3)18/h10H,4-8H2,1-3H3,(H2,14,15,16,17). The van der Waals surface area contributed by atoms with E-state index in [0.717, 1.165) is 41.7 Å². The molecule has 2 N–H and O–H groups in total. The average Bonchev–Trinajstić information content (AvgIpc) is 3.20. The van der Waals surface area contributed by atoms with Gasteiger partial charge in [-0.25, -0.2) is 9.97 Å². The lowest BCUT2D eigenvalue weighted by Gasteiger charge is -2.13. The molecule has 106 valence electrons. The number of anilines is 2. The first-order chi connectivity index (χ1) is 9.11. The van der Waals surface area contributed by atoms with E-state index < -0.39 is 10.8 Å². The first kappa shape index (κ1) is 14.2. The van der Waals surface area contributed by atoms with E-state index in [9.17, 15) is 4.21 Å². The molecule has 2 rings (SSSR count). The molecule has 1 aliphatic carbocycles. The van der Waals surface area contributed by atoms with E-state index in [4.69, 9.17) is 0 Å². The van der Waals surface area contributed by atoms with Crippen LogP contribution in [0.1, 0.15) is 36.6 Å². The first-order valence-electron chi connectivity index (χ1n) is 6.72. The lowest BCUT2D eigenvalue weighted by molar-refractivity contribution is 0.685. The zero-order valence-corrected chi connectivity index (χ0v) is 12.6. The number of nitrogens with zero attached hydrogens (tertiary/aromatic N) is 2. The summed E-state index contributed by atoms with van der Waals surface area (Å²) in [5.41, 5.74) is 1.05. The predicted molar refractivity (Wildman–Crippen MR) is 80.3 cm³/mol. The van der Waals surface area contributed by atoms with Gasteiger partial charge in [-0.05, 0) is 26.2 Å². The average molecular weight is 282 g/mol. The molecule has 1 aromatic heterocycles. The van der Waals surface area contributed by atoms with Crippen molar-refractivity contribution in [3.63, 3.8) is 0 Å². The van der Waals surface area contributed by atoms with Crippen LogP contribution in [0.15, 0.2) is 0 Å². The van der Waals surface area contributed by atoms with Crippen LogP contribution in [0.3, 0.4) is 0 Å². The normalized spacial score (nSPS) is 16.2. The SMILES string of the molecule is CNc1nc(C2CC2)nc(NCCCS(C)=O)c1C. The second kappa shape index (κ2) is 6.32. The van der Waals surface area contributed by atoms with E-state index in [0.29, 0.717) is 5.92 Å². The van der Waals surface area contributed by atoms with Gasteiger partial charge in [0.05, 0.1) is 0 Å². The molecule has 1 aromatic rings. The Bertz CT molecular complexity index is 474. The van der Waals surface area contributed by atoms with Gasteiger partial charge in [0, 0.05) is 47.9 Å². The zero-order valence-electron chi connectivity index (χ0n) is 11.8. The van der Waals surface area contributed by atoms with Gasteiger partial charge in [-0.1, -0.05) is 0 Å². The highest BCUT2D eigenvalue weighted by molar-refractivity contribution is 7.84. The van der Waals surface area contributed by atoms with Crippen LogP contribution in [0.4, 0.5) is 11.6 Å². The van der Waals surface area contributed by atoms with Crippen molar-refractivity contribution >= 4 is 22.4 Å². The van der Waals surface area contributed by atoms with E-state index in [2.05, 4.69) is 20.6 Å². The van der Waals surface area contributed by atoms with Gasteiger partial charge in [0.2, 0.25) is 0 Å². The van der Waals surface area contributed by atoms with Crippen LogP contribution in [-0.4, -0.2) is 39.8 Å². The third-order valence-corrected chi connectivity index (χ3v) is 4.11. The first-order valence-corrected chi connectivity index (χ1v) is 8.44. The fourth-order valence-electron chi connectivity index (χ4n) is 1.96. The third-order valence-electron chi connectivity index (χ3n) is 3.24. The van der Waals surface area contributed by atoms with Crippen molar-refractivity contribution in [2.45, 2.75) is 32.1 Å². The Morgan fingerprint density at radius 1 is 1.32 bits per heavy atom. The van der Waals surface area contributed by atoms with Crippen LogP contribution in [0.2, 0.25) is 0 Å². The van der Waals surface area contributed by atoms with Crippen LogP contribution < -0.4 is 10.6 Å². The Hall–Kier alpha value is -1.17. The van der Waals surface area contributed by atoms with E-state index in [1.807, 2.05) is 14.0 Å². The highest BCUT2D eigenvalue weighted by Gasteiger charge is 2.28. The van der Waals surface area contributed by atoms with Gasteiger partial charge in [-0.2, -0.15) is 0 Å². The molecule has 0 radical (unpaired) electrons. The highest BCUT2D eigenvalue weighted by Crippen LogP contribution is 2.39. The summed E-state index contributed by atoms with van der Waals surface area (Å²) in [6, 6.07) is 0. The molecule has 0 aliphatic heterocycles. The van der Waals surface area contributed by atoms with Crippen molar-refractivity contribution in [1.29, 1.82) is 0 Å². The molecule has 1 heterocycles. The van der Waals surface area contributed by atoms with Crippen LogP contribution in [0.5, 0.6) is 0 Å². The third kappa shape index (κ3) is 3.89. The van der Waals surface area contributed by atoms with Gasteiger partial charge < -0.3 is 10.6 Å². The van der Waals surface area contributed by atoms with E-state index in [-0.39, 0.29) is 0 Å². The summed E-state index contributed by atoms with van der Waals surface area (Å²) < 4.78 is 11.0. The van der Waals surface area contributed by atoms with Crippen LogP contribution in [0.25, 0.3) is 0 Å². The van der Waals surface area contributed by atoms with Crippen molar-refractivity contribution < 1.29 is 4.21 Å². The minimum Gasteiger partial charge on any atom is -0.373 e. The summed E-state index contributed by atoms with van der Waals surface area (Å²) in [5, 5.41) is 6.47. The monoisotopic (exact) mass is 282 g/mol. The molecule has 1 fully saturated rings. The number of nitrogens with one attached hydrogen (secondary N) is 2. The summed E-state index contributed by atoms with van der Waals surface area (Å²) in [4.78, 5) is 9.18. The van der Waals surface area contributed by atoms with Gasteiger partial charge >= 0.3 is 0 Å². The minimum absolute atomic E-state index is 0.538. The van der Waals surface area contributed by atoms with Crippen molar-refractivity contribution in [3.05, 3.63) is 11.4 Å². The molecule has 0 amide bonds. The second-order valence-corrected chi connectivity index (χ2v) is 6.54. The molecule has 19 heavy (non-hydrogen) atoms. The van der Waals surface area contributed by atoms with Crippen molar-refractivity contribution in [2.24, 2.45) is 0 Å². The Balaban J connectivity index is 2.05. The maximum Gasteiger partial charge on any atom is 0.136 e. The van der Waals surface area contributed by atoms with Gasteiger partial charge in [0.1, 0.15) is 17.5 Å². The fraction of sp³-hybridized carbons (Fsp3) is 0.692. The molecule has 0 spiro atoms. The van der Waals surface area contributed by atoms with Crippen LogP contribution in [0, 0.1) is 6.92 Å². The molecule has 0 aromatic carbocycles. The molecule has 0 saturated heterocycles. The van der Waals surface area contributed by atoms with Crippen molar-refractivity contribution in [3.8, 4) is 0 Å². The largest absolute Gasteiger partial charge is 0.373 e. The van der Waals surface area contributed by atoms with Crippen molar-refractivity contribution in [2.75, 3.05) is 36.2 Å². The smallest absolute Gasteiger partial charge is 0.136 e. The number of hydrogen-bond donors (Lipinski definition) is 2. The molecular weight excluding hydrogens is 260 g/mol. The molecule has 1 saturated carbocycles. The van der Waals surface area contributed by atoms with Gasteiger partial charge in [0.25, 0.3) is 0 Å². The quantitative estimate of drug-likeness (QED) is 0.748. The van der Waals surface area contributed by atoms with E-state index in [1.165, 1.54) is 12.8 Å². The second-order valence-electron chi connectivity index (χ2n) is 4.99. The molecule has 1 atom stereocenters. The number of aromatic nitrogens is 2. The number of rotatable bonds is 7. The molecule has 1 unspecified atom stereocenters. The van der Waals surface area contributed by atoms with E-state index in [1.54, 1.807) is 6.26 Å². The Morgan fingerprint density at radius 2 is 2.00 bits per heavy atom. The molecule has 1 aliphatic rings. The summed E-state index contributed by atoms with van der Waals surface area (Å²) in [5.74, 6) is 4.01. The maximum absolute atomic E-state index is 11.0. The fourth-order valence-corrected chi connectivity index (χ4v) is 2.51. The van der Waals surface area contributed by atoms with Crippen LogP contribution in [-0.2, 0) is 10.8 Å². The Labute approximate surface area is 117 Å².